The van der Waals surface area contributed by atoms with Gasteiger partial charge in [-0.2, -0.15) is 4.98 Å². The smallest absolute Gasteiger partial charge is 0.259 e. The van der Waals surface area contributed by atoms with Crippen molar-refractivity contribution in [2.75, 3.05) is 5.73 Å². The van der Waals surface area contributed by atoms with E-state index in [1.165, 1.54) is 2.88 Å². The SMILES string of the molecule is Nc1ccc(-c2noc(-c3csc(I)c3)n2)cc1. The molecule has 0 bridgehead atoms. The topological polar surface area (TPSA) is 64.9 Å². The van der Waals surface area contributed by atoms with Crippen LogP contribution in [0.2, 0.25) is 0 Å². The van der Waals surface area contributed by atoms with E-state index in [0.717, 1.165) is 16.8 Å². The number of nitrogens with two attached hydrogens (primary N) is 1. The molecule has 0 atom stereocenters. The van der Waals surface area contributed by atoms with Crippen molar-refractivity contribution >= 4 is 39.6 Å². The number of rotatable bonds is 2. The Balaban J connectivity index is 1.96. The highest BCUT2D eigenvalue weighted by Crippen LogP contribution is 2.27. The molecule has 0 amide bonds. The van der Waals surface area contributed by atoms with Gasteiger partial charge in [0.15, 0.2) is 0 Å². The molecule has 2 aromatic heterocycles. The number of benzene rings is 1. The first-order chi connectivity index (χ1) is 8.72. The minimum atomic E-state index is 0.543. The minimum absolute atomic E-state index is 0.543. The van der Waals surface area contributed by atoms with Gasteiger partial charge >= 0.3 is 0 Å². The van der Waals surface area contributed by atoms with Crippen LogP contribution in [0, 0.1) is 2.88 Å². The Morgan fingerprint density at radius 1 is 1.17 bits per heavy atom. The normalized spacial score (nSPS) is 10.7. The maximum absolute atomic E-state index is 5.64. The van der Waals surface area contributed by atoms with Crippen molar-refractivity contribution in [2.24, 2.45) is 0 Å². The molecule has 90 valence electrons. The number of hydrogen-bond donors (Lipinski definition) is 1. The molecule has 0 unspecified atom stereocenters. The van der Waals surface area contributed by atoms with Crippen LogP contribution in [0.5, 0.6) is 0 Å². The van der Waals surface area contributed by atoms with Crippen molar-refractivity contribution in [3.05, 3.63) is 38.6 Å². The van der Waals surface area contributed by atoms with Crippen LogP contribution in [0.25, 0.3) is 22.8 Å². The number of anilines is 1. The second-order valence-corrected chi connectivity index (χ2v) is 6.49. The van der Waals surface area contributed by atoms with Gasteiger partial charge in [0.05, 0.1) is 8.45 Å². The quantitative estimate of drug-likeness (QED) is 0.553. The molecular formula is C12H8IN3OS. The van der Waals surface area contributed by atoms with E-state index in [-0.39, 0.29) is 0 Å². The van der Waals surface area contributed by atoms with Gasteiger partial charge in [0, 0.05) is 16.6 Å². The first-order valence-electron chi connectivity index (χ1n) is 5.16. The zero-order valence-electron chi connectivity index (χ0n) is 9.13. The molecule has 3 rings (SSSR count). The summed E-state index contributed by atoms with van der Waals surface area (Å²) in [5.41, 5.74) is 8.21. The van der Waals surface area contributed by atoms with Crippen LogP contribution in [-0.2, 0) is 0 Å². The summed E-state index contributed by atoms with van der Waals surface area (Å²) in [6.45, 7) is 0. The van der Waals surface area contributed by atoms with E-state index >= 15 is 0 Å². The summed E-state index contributed by atoms with van der Waals surface area (Å²) >= 11 is 3.91. The Bertz CT molecular complexity index is 675. The Morgan fingerprint density at radius 2 is 1.94 bits per heavy atom. The Hall–Kier alpha value is -1.41. The molecule has 0 saturated carbocycles. The van der Waals surface area contributed by atoms with Crippen molar-refractivity contribution in [3.63, 3.8) is 0 Å². The predicted octanol–water partition coefficient (Wildman–Crippen LogP) is 3.65. The van der Waals surface area contributed by atoms with Gasteiger partial charge in [0.1, 0.15) is 0 Å². The van der Waals surface area contributed by atoms with Gasteiger partial charge in [0.2, 0.25) is 5.82 Å². The van der Waals surface area contributed by atoms with Crippen molar-refractivity contribution in [1.82, 2.24) is 10.1 Å². The van der Waals surface area contributed by atoms with Gasteiger partial charge in [-0.05, 0) is 52.9 Å². The third-order valence-corrected chi connectivity index (χ3v) is 4.20. The first-order valence-corrected chi connectivity index (χ1v) is 7.12. The third kappa shape index (κ3) is 2.25. The van der Waals surface area contributed by atoms with Crippen LogP contribution in [0.1, 0.15) is 0 Å². The molecule has 2 N–H and O–H groups in total. The van der Waals surface area contributed by atoms with Crippen molar-refractivity contribution in [1.29, 1.82) is 0 Å². The van der Waals surface area contributed by atoms with Crippen molar-refractivity contribution in [3.8, 4) is 22.8 Å². The largest absolute Gasteiger partial charge is 0.399 e. The van der Waals surface area contributed by atoms with E-state index in [1.807, 2.05) is 35.7 Å². The molecule has 3 aromatic rings. The lowest BCUT2D eigenvalue weighted by molar-refractivity contribution is 0.432. The van der Waals surface area contributed by atoms with E-state index < -0.39 is 0 Å². The van der Waals surface area contributed by atoms with E-state index in [2.05, 4.69) is 32.7 Å². The molecule has 6 heteroatoms. The van der Waals surface area contributed by atoms with Crippen LogP contribution in [0.3, 0.4) is 0 Å². The number of nitrogens with zero attached hydrogens (tertiary/aromatic N) is 2. The molecule has 0 aliphatic carbocycles. The van der Waals surface area contributed by atoms with Gasteiger partial charge in [-0.25, -0.2) is 0 Å². The van der Waals surface area contributed by atoms with E-state index in [9.17, 15) is 0 Å². The molecule has 18 heavy (non-hydrogen) atoms. The highest BCUT2D eigenvalue weighted by atomic mass is 127. The average Bonchev–Trinajstić information content (AvgIpc) is 2.98. The molecule has 0 spiro atoms. The maximum Gasteiger partial charge on any atom is 0.259 e. The summed E-state index contributed by atoms with van der Waals surface area (Å²) in [6, 6.07) is 9.41. The third-order valence-electron chi connectivity index (χ3n) is 2.41. The summed E-state index contributed by atoms with van der Waals surface area (Å²) in [4.78, 5) is 4.38. The van der Waals surface area contributed by atoms with Crippen LogP contribution in [-0.4, -0.2) is 10.1 Å². The molecule has 0 aliphatic rings. The second kappa shape index (κ2) is 4.69. The summed E-state index contributed by atoms with van der Waals surface area (Å²) in [5, 5.41) is 5.98. The van der Waals surface area contributed by atoms with E-state index in [4.69, 9.17) is 10.3 Å². The van der Waals surface area contributed by atoms with Crippen LogP contribution in [0.4, 0.5) is 5.69 Å². The van der Waals surface area contributed by atoms with E-state index in [1.54, 1.807) is 11.3 Å². The summed E-state index contributed by atoms with van der Waals surface area (Å²) < 4.78 is 6.45. The Labute approximate surface area is 121 Å². The zero-order valence-corrected chi connectivity index (χ0v) is 12.1. The van der Waals surface area contributed by atoms with Gasteiger partial charge in [-0.15, -0.1) is 11.3 Å². The lowest BCUT2D eigenvalue weighted by Gasteiger charge is -1.94. The number of nitrogen functional groups attached to an aromatic ring is 1. The zero-order chi connectivity index (χ0) is 12.5. The second-order valence-electron chi connectivity index (χ2n) is 3.68. The molecule has 0 radical (unpaired) electrons. The molecular weight excluding hydrogens is 361 g/mol. The summed E-state index contributed by atoms with van der Waals surface area (Å²) in [5.74, 6) is 1.12. The van der Waals surface area contributed by atoms with Gasteiger partial charge in [-0.3, -0.25) is 0 Å². The minimum Gasteiger partial charge on any atom is -0.399 e. The number of thiophene rings is 1. The highest BCUT2D eigenvalue weighted by molar-refractivity contribution is 14.1. The fourth-order valence-corrected chi connectivity index (χ4v) is 2.83. The molecule has 0 saturated heterocycles. The summed E-state index contributed by atoms with van der Waals surface area (Å²) in [7, 11) is 0. The lowest BCUT2D eigenvalue weighted by Crippen LogP contribution is -1.85. The molecule has 1 aromatic carbocycles. The highest BCUT2D eigenvalue weighted by Gasteiger charge is 2.11. The van der Waals surface area contributed by atoms with Gasteiger partial charge in [-0.1, -0.05) is 5.16 Å². The predicted molar refractivity (Wildman–Crippen MR) is 80.2 cm³/mol. The Morgan fingerprint density at radius 3 is 2.61 bits per heavy atom. The van der Waals surface area contributed by atoms with Crippen LogP contribution >= 0.6 is 33.9 Å². The fourth-order valence-electron chi connectivity index (χ4n) is 1.51. The number of halogens is 1. The maximum atomic E-state index is 5.64. The first kappa shape index (κ1) is 11.7. The Kier molecular flexibility index (Phi) is 3.04. The molecule has 2 heterocycles. The standard InChI is InChI=1S/C12H8IN3OS/c13-10-5-8(6-18-10)12-15-11(16-17-12)7-1-3-9(14)4-2-7/h1-6H,14H2. The monoisotopic (exact) mass is 369 g/mol. The van der Waals surface area contributed by atoms with Crippen LogP contribution in [0.15, 0.2) is 40.2 Å². The molecule has 0 fully saturated rings. The lowest BCUT2D eigenvalue weighted by atomic mass is 10.2. The molecule has 4 nitrogen and oxygen atoms in total. The summed E-state index contributed by atoms with van der Waals surface area (Å²) in [6.07, 6.45) is 0. The van der Waals surface area contributed by atoms with Gasteiger partial charge in [0.25, 0.3) is 5.89 Å². The van der Waals surface area contributed by atoms with Crippen molar-refractivity contribution in [2.45, 2.75) is 0 Å². The number of hydrogen-bond acceptors (Lipinski definition) is 5. The molecule has 0 aliphatic heterocycles. The van der Waals surface area contributed by atoms with Crippen LogP contribution < -0.4 is 5.73 Å². The average molecular weight is 369 g/mol. The fraction of sp³-hybridized carbons (Fsp3) is 0. The van der Waals surface area contributed by atoms with E-state index in [0.29, 0.717) is 11.7 Å². The van der Waals surface area contributed by atoms with Crippen molar-refractivity contribution < 1.29 is 4.52 Å². The number of aromatic nitrogens is 2. The van der Waals surface area contributed by atoms with Gasteiger partial charge < -0.3 is 10.3 Å².